The number of halogens is 2. The lowest BCUT2D eigenvalue weighted by atomic mass is 10.1. The van der Waals surface area contributed by atoms with Crippen LogP contribution in [-0.2, 0) is 9.59 Å². The van der Waals surface area contributed by atoms with Gasteiger partial charge in [0.2, 0.25) is 11.8 Å². The van der Waals surface area contributed by atoms with Gasteiger partial charge in [0.1, 0.15) is 29.1 Å². The van der Waals surface area contributed by atoms with Crippen molar-refractivity contribution in [3.8, 4) is 45.2 Å². The van der Waals surface area contributed by atoms with E-state index in [1.165, 1.54) is 61.8 Å². The van der Waals surface area contributed by atoms with Gasteiger partial charge in [-0.3, -0.25) is 29.5 Å². The average Bonchev–Trinajstić information content (AvgIpc) is 4.08. The molecule has 0 aromatic carbocycles. The van der Waals surface area contributed by atoms with Gasteiger partial charge in [-0.15, -0.1) is 0 Å². The monoisotopic (exact) mass is 672 g/mol. The quantitative estimate of drug-likeness (QED) is 0.221. The number of rotatable bonds is 8. The number of aromatic nitrogens is 10. The maximum Gasteiger partial charge on any atom is 0.228 e. The SMILES string of the molecule is O=C(Nc1cnc(-c2ccncc2F)c(-c2cnccn2)n1)C1CC1.O=C(Nc1cnc(-c2ccncc2F)c(-c2cncnc2)n1)C1CC1. The van der Waals surface area contributed by atoms with Gasteiger partial charge in [0.25, 0.3) is 0 Å². The fourth-order valence-electron chi connectivity index (χ4n) is 4.80. The van der Waals surface area contributed by atoms with Crippen LogP contribution in [-0.4, -0.2) is 61.7 Å². The third-order valence-corrected chi connectivity index (χ3v) is 7.64. The lowest BCUT2D eigenvalue weighted by Crippen LogP contribution is -2.15. The number of carbonyl (C=O) groups excluding carboxylic acids is 2. The number of pyridine rings is 2. The van der Waals surface area contributed by atoms with Crippen molar-refractivity contribution in [2.24, 2.45) is 11.8 Å². The first-order valence-electron chi connectivity index (χ1n) is 15.5. The second-order valence-corrected chi connectivity index (χ2v) is 11.4. The van der Waals surface area contributed by atoms with Gasteiger partial charge in [0.15, 0.2) is 23.3 Å². The Balaban J connectivity index is 0.000000157. The van der Waals surface area contributed by atoms with Crippen LogP contribution in [0.15, 0.2) is 86.6 Å². The van der Waals surface area contributed by atoms with Crippen molar-refractivity contribution in [2.75, 3.05) is 10.6 Å². The van der Waals surface area contributed by atoms with Gasteiger partial charge in [-0.2, -0.15) is 0 Å². The predicted octanol–water partition coefficient (Wildman–Crippen LogP) is 4.97. The Kier molecular flexibility index (Phi) is 9.13. The molecule has 6 heterocycles. The summed E-state index contributed by atoms with van der Waals surface area (Å²) in [7, 11) is 0. The van der Waals surface area contributed by atoms with Gasteiger partial charge < -0.3 is 10.6 Å². The Morgan fingerprint density at radius 1 is 0.560 bits per heavy atom. The summed E-state index contributed by atoms with van der Waals surface area (Å²) in [5, 5.41) is 5.49. The summed E-state index contributed by atoms with van der Waals surface area (Å²) in [6, 6.07) is 3.04. The molecule has 0 bridgehead atoms. The summed E-state index contributed by atoms with van der Waals surface area (Å²) in [4.78, 5) is 65.1. The molecule has 2 fully saturated rings. The van der Waals surface area contributed by atoms with Crippen molar-refractivity contribution in [3.63, 3.8) is 0 Å². The van der Waals surface area contributed by atoms with E-state index in [1.807, 2.05) is 0 Å². The minimum Gasteiger partial charge on any atom is -0.309 e. The van der Waals surface area contributed by atoms with E-state index in [0.717, 1.165) is 38.1 Å². The van der Waals surface area contributed by atoms with E-state index in [2.05, 4.69) is 60.5 Å². The van der Waals surface area contributed by atoms with E-state index < -0.39 is 11.6 Å². The molecule has 2 N–H and O–H groups in total. The molecule has 6 aromatic heterocycles. The third kappa shape index (κ3) is 7.43. The molecule has 0 radical (unpaired) electrons. The van der Waals surface area contributed by atoms with E-state index in [1.54, 1.807) is 12.4 Å². The molecule has 248 valence electrons. The molecule has 2 aliphatic rings. The molecular weight excluding hydrogens is 646 g/mol. The second kappa shape index (κ2) is 14.3. The van der Waals surface area contributed by atoms with Gasteiger partial charge >= 0.3 is 0 Å². The number of hydrogen-bond donors (Lipinski definition) is 2. The normalized spacial score (nSPS) is 13.5. The summed E-state index contributed by atoms with van der Waals surface area (Å²) >= 11 is 0. The van der Waals surface area contributed by atoms with E-state index in [9.17, 15) is 18.4 Å². The summed E-state index contributed by atoms with van der Waals surface area (Å²) < 4.78 is 28.3. The molecular formula is C34H26F2N12O2. The van der Waals surface area contributed by atoms with Crippen molar-refractivity contribution in [1.29, 1.82) is 0 Å². The second-order valence-electron chi connectivity index (χ2n) is 11.4. The molecule has 0 saturated heterocycles. The number of anilines is 2. The standard InChI is InChI=1S/2C17H13FN6O/c18-13-7-19-4-3-12(13)16-15(11-5-20-9-21-6-11)23-14(8-22-16)24-17(25)10-1-2-10;18-12-7-19-4-3-11(12)15-16(13-8-20-5-6-21-13)23-14(9-22-15)24-17(25)10-1-2-10/h2*3-10H,1-2H2,(H,23,24,25). The van der Waals surface area contributed by atoms with E-state index >= 15 is 0 Å². The van der Waals surface area contributed by atoms with E-state index in [-0.39, 0.29) is 34.8 Å². The molecule has 0 unspecified atom stereocenters. The van der Waals surface area contributed by atoms with Crippen LogP contribution >= 0.6 is 0 Å². The fourth-order valence-corrected chi connectivity index (χ4v) is 4.80. The molecule has 2 amide bonds. The molecule has 0 spiro atoms. The van der Waals surface area contributed by atoms with Gasteiger partial charge in [-0.1, -0.05) is 0 Å². The summed E-state index contributed by atoms with van der Waals surface area (Å²) in [5.41, 5.74) is 2.90. The van der Waals surface area contributed by atoms with E-state index in [4.69, 9.17) is 0 Å². The Hall–Kier alpha value is -6.58. The Morgan fingerprint density at radius 3 is 1.58 bits per heavy atom. The molecule has 0 atom stereocenters. The minimum absolute atomic E-state index is 0.0408. The smallest absolute Gasteiger partial charge is 0.228 e. The molecule has 8 rings (SSSR count). The highest BCUT2D eigenvalue weighted by Gasteiger charge is 2.31. The molecule has 16 heteroatoms. The maximum atomic E-state index is 14.2. The van der Waals surface area contributed by atoms with Crippen molar-refractivity contribution >= 4 is 23.5 Å². The highest BCUT2D eigenvalue weighted by molar-refractivity contribution is 5.94. The lowest BCUT2D eigenvalue weighted by Gasteiger charge is -2.11. The number of amides is 2. The first-order valence-corrected chi connectivity index (χ1v) is 15.5. The topological polar surface area (TPSA) is 187 Å². The summed E-state index contributed by atoms with van der Waals surface area (Å²) in [5.74, 6) is -0.484. The predicted molar refractivity (Wildman–Crippen MR) is 175 cm³/mol. The Labute approximate surface area is 283 Å². The summed E-state index contributed by atoms with van der Waals surface area (Å²) in [6.45, 7) is 0. The zero-order valence-electron chi connectivity index (χ0n) is 26.1. The van der Waals surface area contributed by atoms with Crippen LogP contribution in [0.2, 0.25) is 0 Å². The molecule has 0 aliphatic heterocycles. The van der Waals surface area contributed by atoms with Crippen LogP contribution in [0.4, 0.5) is 20.4 Å². The number of hydrogen-bond acceptors (Lipinski definition) is 12. The minimum atomic E-state index is -0.517. The molecule has 2 aliphatic carbocycles. The number of nitrogens with zero attached hydrogens (tertiary/aromatic N) is 10. The Bertz CT molecular complexity index is 2010. The fraction of sp³-hybridized carbons (Fsp3) is 0.176. The third-order valence-electron chi connectivity index (χ3n) is 7.64. The average molecular weight is 673 g/mol. The lowest BCUT2D eigenvalue weighted by molar-refractivity contribution is -0.118. The van der Waals surface area contributed by atoms with Gasteiger partial charge in [-0.25, -0.2) is 38.7 Å². The number of nitrogens with one attached hydrogen (secondary N) is 2. The number of carbonyl (C=O) groups is 2. The van der Waals surface area contributed by atoms with Crippen LogP contribution in [0.5, 0.6) is 0 Å². The van der Waals surface area contributed by atoms with Crippen molar-refractivity contribution in [1.82, 2.24) is 49.8 Å². The van der Waals surface area contributed by atoms with Crippen LogP contribution in [0.3, 0.4) is 0 Å². The zero-order chi connectivity index (χ0) is 34.5. The van der Waals surface area contributed by atoms with Crippen LogP contribution in [0, 0.1) is 23.5 Å². The largest absolute Gasteiger partial charge is 0.309 e. The molecule has 50 heavy (non-hydrogen) atoms. The van der Waals surface area contributed by atoms with Crippen LogP contribution in [0.1, 0.15) is 25.7 Å². The van der Waals surface area contributed by atoms with Crippen LogP contribution in [0.25, 0.3) is 45.2 Å². The zero-order valence-corrected chi connectivity index (χ0v) is 26.1. The first kappa shape index (κ1) is 32.0. The van der Waals surface area contributed by atoms with Crippen molar-refractivity contribution in [2.45, 2.75) is 25.7 Å². The van der Waals surface area contributed by atoms with Crippen LogP contribution < -0.4 is 10.6 Å². The highest BCUT2D eigenvalue weighted by Crippen LogP contribution is 2.34. The van der Waals surface area contributed by atoms with Gasteiger partial charge in [-0.05, 0) is 37.8 Å². The van der Waals surface area contributed by atoms with Crippen molar-refractivity contribution in [3.05, 3.63) is 98.3 Å². The van der Waals surface area contributed by atoms with Gasteiger partial charge in [0.05, 0.1) is 36.7 Å². The summed E-state index contributed by atoms with van der Waals surface area (Å²) in [6.07, 6.45) is 20.6. The molecule has 6 aromatic rings. The Morgan fingerprint density at radius 2 is 1.08 bits per heavy atom. The van der Waals surface area contributed by atoms with Crippen molar-refractivity contribution < 1.29 is 18.4 Å². The maximum absolute atomic E-state index is 14.2. The molecule has 2 saturated carbocycles. The first-order chi connectivity index (χ1) is 24.4. The van der Waals surface area contributed by atoms with E-state index in [0.29, 0.717) is 45.7 Å². The van der Waals surface area contributed by atoms with Gasteiger partial charge in [0, 0.05) is 65.7 Å². The highest BCUT2D eigenvalue weighted by atomic mass is 19.1. The molecule has 14 nitrogen and oxygen atoms in total.